The van der Waals surface area contributed by atoms with Crippen molar-refractivity contribution in [1.29, 1.82) is 0 Å². The van der Waals surface area contributed by atoms with Crippen molar-refractivity contribution in [2.45, 2.75) is 95.0 Å². The van der Waals surface area contributed by atoms with Crippen LogP contribution < -0.4 is 16.2 Å². The molecule has 14 heteroatoms. The summed E-state index contributed by atoms with van der Waals surface area (Å²) in [5.41, 5.74) is -1.65. The molecule has 239 valence electrons. The van der Waals surface area contributed by atoms with Crippen molar-refractivity contribution in [3.05, 3.63) is 51.6 Å². The Labute approximate surface area is 290 Å². The normalized spacial score (nSPS) is 27.8. The molecule has 0 spiro atoms. The van der Waals surface area contributed by atoms with Gasteiger partial charge in [-0.3, -0.25) is 14.3 Å². The summed E-state index contributed by atoms with van der Waals surface area (Å²) in [7, 11) is 0. The van der Waals surface area contributed by atoms with Crippen molar-refractivity contribution in [3.8, 4) is 11.1 Å². The Morgan fingerprint density at radius 3 is 2.69 bits per heavy atom. The quantitative estimate of drug-likeness (QED) is 0.322. The number of nitrogens with zero attached hydrogens (tertiary/aromatic N) is 3. The Hall–Kier alpha value is -2.90. The number of hydrogen-bond acceptors (Lipinski definition) is 8. The Bertz CT molecular complexity index is 1500. The number of nitrogens with one attached hydrogen (secondary N) is 2. The van der Waals surface area contributed by atoms with Gasteiger partial charge in [0, 0.05) is 45.2 Å². The number of thiophene rings is 1. The van der Waals surface area contributed by atoms with Crippen LogP contribution in [0.4, 0.5) is 4.79 Å². The molecule has 3 N–H and O–H groups in total. The molecule has 1 radical (unpaired) electrons. The summed E-state index contributed by atoms with van der Waals surface area (Å²) in [6.07, 6.45) is 8.00. The Kier molecular flexibility index (Phi) is 11.1. The Morgan fingerprint density at radius 1 is 1.22 bits per heavy atom. The minimum Gasteiger partial charge on any atom is -0.479 e. The first-order chi connectivity index (χ1) is 20.9. The second-order valence-corrected chi connectivity index (χ2v) is 13.4. The predicted octanol–water partition coefficient (Wildman–Crippen LogP) is 3.28. The molecule has 2 aromatic rings. The van der Waals surface area contributed by atoms with Crippen LogP contribution in [0.1, 0.15) is 71.8 Å². The van der Waals surface area contributed by atoms with Gasteiger partial charge in [0.25, 0.3) is 0 Å². The van der Waals surface area contributed by atoms with Gasteiger partial charge in [0.05, 0.1) is 6.04 Å². The summed E-state index contributed by atoms with van der Waals surface area (Å²) in [4.78, 5) is 68.0. The standard InChI is InChI=1S/C31H38N5O7S.Y/c1-30(2,3)43-29(42)33-23-10-8-6-4-5-7-9-20-16-31(20,28(40)41)34-25(37)24-15-21(17-35(24)27(23)39)36-26(38)22(11-13-32-36)19-12-14-44-18-19;/h7,9,12-14,18,20-21,23-24H,4-6,8,10,15-17H2,1-3H3,(H,33,42)(H,34,37)(H,40,41);/q-1;/b9-7-;/t20-,21-,23+,24+,31-;/m1./s1. The Balaban J connectivity index is 0.00000461. The molecular weight excluding hydrogens is 675 g/mol. The van der Waals surface area contributed by atoms with Gasteiger partial charge in [-0.2, -0.15) is 11.3 Å². The molecule has 12 nitrogen and oxygen atoms in total. The van der Waals surface area contributed by atoms with Crippen molar-refractivity contribution in [1.82, 2.24) is 25.3 Å². The molecule has 4 heterocycles. The van der Waals surface area contributed by atoms with Gasteiger partial charge in [-0.25, -0.2) is 14.7 Å². The van der Waals surface area contributed by atoms with Crippen molar-refractivity contribution >= 4 is 35.2 Å². The number of carbonyl (C=O) groups is 4. The molecule has 2 aliphatic heterocycles. The van der Waals surface area contributed by atoms with Crippen LogP contribution in [-0.4, -0.2) is 73.4 Å². The van der Waals surface area contributed by atoms with E-state index in [1.54, 1.807) is 26.8 Å². The zero-order chi connectivity index (χ0) is 31.6. The molecule has 1 saturated carbocycles. The second kappa shape index (κ2) is 14.3. The van der Waals surface area contributed by atoms with E-state index in [9.17, 15) is 29.1 Å². The number of rotatable bonds is 4. The fraction of sp³-hybridized carbons (Fsp3) is 0.548. The number of alkyl carbamates (subject to hydrolysis) is 1. The fourth-order valence-electron chi connectivity index (χ4n) is 5.96. The molecule has 5 atom stereocenters. The van der Waals surface area contributed by atoms with Gasteiger partial charge < -0.3 is 30.2 Å². The predicted molar refractivity (Wildman–Crippen MR) is 162 cm³/mol. The first kappa shape index (κ1) is 35.0. The van der Waals surface area contributed by atoms with E-state index in [1.807, 2.05) is 22.9 Å². The van der Waals surface area contributed by atoms with Crippen molar-refractivity contribution in [2.24, 2.45) is 5.92 Å². The number of amides is 3. The molecule has 5 rings (SSSR count). The topological polar surface area (TPSA) is 160 Å². The molecule has 1 aliphatic carbocycles. The number of fused-ring (bicyclic) bond motifs is 2. The maximum absolute atomic E-state index is 14.2. The fourth-order valence-corrected chi connectivity index (χ4v) is 6.61. The van der Waals surface area contributed by atoms with Gasteiger partial charge in [0.2, 0.25) is 11.8 Å². The van der Waals surface area contributed by atoms with Crippen LogP contribution in [0.2, 0.25) is 0 Å². The zero-order valence-corrected chi connectivity index (χ0v) is 29.3. The maximum atomic E-state index is 14.2. The summed E-state index contributed by atoms with van der Waals surface area (Å²) >= 11 is 1.44. The van der Waals surface area contributed by atoms with E-state index in [2.05, 4.69) is 21.8 Å². The minimum absolute atomic E-state index is 0. The monoisotopic (exact) mass is 713 g/mol. The number of carbonyl (C=O) groups excluding carboxylic acids is 3. The van der Waals surface area contributed by atoms with Crippen LogP contribution in [0.15, 0.2) is 40.0 Å². The van der Waals surface area contributed by atoms with Gasteiger partial charge in [0.1, 0.15) is 23.2 Å². The van der Waals surface area contributed by atoms with Crippen LogP contribution in [-0.2, 0) is 51.8 Å². The number of hydrogen-bond donors (Lipinski definition) is 3. The van der Waals surface area contributed by atoms with E-state index in [0.29, 0.717) is 24.0 Å². The summed E-state index contributed by atoms with van der Waals surface area (Å²) in [5.74, 6) is -2.63. The summed E-state index contributed by atoms with van der Waals surface area (Å²) in [5, 5.41) is 23.4. The smallest absolute Gasteiger partial charge is 0.408 e. The van der Waals surface area contributed by atoms with Gasteiger partial charge in [-0.05, 0) is 64.5 Å². The van der Waals surface area contributed by atoms with Crippen molar-refractivity contribution in [2.75, 3.05) is 6.54 Å². The van der Waals surface area contributed by atoms with Crippen LogP contribution in [0.5, 0.6) is 0 Å². The van der Waals surface area contributed by atoms with Gasteiger partial charge >= 0.3 is 12.1 Å². The minimum atomic E-state index is -1.46. The molecule has 1 saturated heterocycles. The van der Waals surface area contributed by atoms with Crippen molar-refractivity contribution < 1.29 is 61.7 Å². The van der Waals surface area contributed by atoms with Crippen LogP contribution in [0, 0.1) is 12.0 Å². The molecule has 45 heavy (non-hydrogen) atoms. The molecule has 3 amide bonds. The van der Waals surface area contributed by atoms with Crippen LogP contribution in [0.3, 0.4) is 0 Å². The summed E-state index contributed by atoms with van der Waals surface area (Å²) < 4.78 is 6.69. The first-order valence-electron chi connectivity index (χ1n) is 14.9. The largest absolute Gasteiger partial charge is 0.479 e. The van der Waals surface area contributed by atoms with Crippen molar-refractivity contribution in [3.63, 3.8) is 0 Å². The number of allylic oxidation sites excluding steroid dienone is 1. The van der Waals surface area contributed by atoms with E-state index in [1.165, 1.54) is 27.1 Å². The number of carboxylic acid groups (broad SMARTS) is 1. The average molecular weight is 714 g/mol. The molecule has 2 aromatic heterocycles. The van der Waals surface area contributed by atoms with Gasteiger partial charge in [0.15, 0.2) is 5.56 Å². The SMILES string of the molecule is CC(C)(C)OC(=O)N[C@H]1CCCCC/C=C\[C@@H]2C[C@@]2(C(=O)O)NC(=O)[C@@H]2C[C@@H](n3nc[c-]c(-c4ccsc4)c3=O)CN2C1=O.[Y]. The van der Waals surface area contributed by atoms with E-state index < -0.39 is 58.7 Å². The van der Waals surface area contributed by atoms with E-state index in [0.717, 1.165) is 19.3 Å². The third-order valence-electron chi connectivity index (χ3n) is 8.30. The van der Waals surface area contributed by atoms with E-state index in [-0.39, 0.29) is 58.0 Å². The van der Waals surface area contributed by atoms with Gasteiger partial charge in [-0.1, -0.05) is 36.4 Å². The molecule has 3 aliphatic rings. The maximum Gasteiger partial charge on any atom is 0.408 e. The van der Waals surface area contributed by atoms with E-state index in [4.69, 9.17) is 4.74 Å². The third kappa shape index (κ3) is 7.92. The molecule has 0 aromatic carbocycles. The Morgan fingerprint density at radius 2 is 2.00 bits per heavy atom. The van der Waals surface area contributed by atoms with Gasteiger partial charge in [-0.15, -0.1) is 17.2 Å². The second-order valence-electron chi connectivity index (χ2n) is 12.7. The molecular formula is C31H38N5O7SY-. The zero-order valence-electron chi connectivity index (χ0n) is 25.7. The first-order valence-corrected chi connectivity index (χ1v) is 15.9. The number of aliphatic carboxylic acids is 1. The summed E-state index contributed by atoms with van der Waals surface area (Å²) in [6, 6.07) is 1.94. The summed E-state index contributed by atoms with van der Waals surface area (Å²) in [6.45, 7) is 5.13. The number of carboxylic acids is 1. The number of ether oxygens (including phenoxy) is 1. The van der Waals surface area contributed by atoms with Crippen LogP contribution >= 0.6 is 11.3 Å². The third-order valence-corrected chi connectivity index (χ3v) is 8.98. The molecule has 2 fully saturated rings. The molecule has 0 unspecified atom stereocenters. The molecule has 0 bridgehead atoms. The van der Waals surface area contributed by atoms with E-state index >= 15 is 0 Å². The number of aromatic nitrogens is 2. The van der Waals surface area contributed by atoms with Crippen LogP contribution in [0.25, 0.3) is 11.1 Å². The average Bonchev–Trinajstić information content (AvgIpc) is 3.29.